The van der Waals surface area contributed by atoms with Crippen LogP contribution in [-0.2, 0) is 5.16 Å². The third-order valence-electron chi connectivity index (χ3n) is 7.72. The molecule has 0 bridgehead atoms. The van der Waals surface area contributed by atoms with E-state index in [1.54, 1.807) is 0 Å². The Hall–Kier alpha value is -3.74. The maximum Gasteiger partial charge on any atom is 0.180 e. The molecule has 1 heterocycles. The standard InChI is InChI=1S/C37H29NOP2S/c39-35(27-13-4-1-5-14-27)37(41-29-17-8-3-9-18-29)25-23-36(24-26-37,40-28-15-6-2-7-16-28)30-19-12-22-33-34(30)38-31-20-10-11-21-32(31)42-33/h1-26,38,40-41H. The Balaban J connectivity index is 1.36. The van der Waals surface area contributed by atoms with E-state index >= 15 is 0 Å². The third kappa shape index (κ3) is 5.18. The lowest BCUT2D eigenvalue weighted by atomic mass is 9.85. The van der Waals surface area contributed by atoms with Crippen LogP contribution in [0.5, 0.6) is 0 Å². The smallest absolute Gasteiger partial charge is 0.180 e. The molecule has 2 aliphatic rings. The molecule has 0 fully saturated rings. The summed E-state index contributed by atoms with van der Waals surface area (Å²) in [7, 11) is 0.722. The Morgan fingerprint density at radius 1 is 0.571 bits per heavy atom. The van der Waals surface area contributed by atoms with Gasteiger partial charge in [-0.1, -0.05) is 168 Å². The van der Waals surface area contributed by atoms with Crippen LogP contribution in [0.2, 0.25) is 0 Å². The minimum atomic E-state index is -0.753. The molecule has 1 N–H and O–H groups in total. The SMILES string of the molecule is O=C(c1ccccc1)C1(Pc2ccccc2)C=CC(Pc2ccccc2)(c2cccc3c2Nc2ccccc2S3)C=C1. The summed E-state index contributed by atoms with van der Waals surface area (Å²) in [5.74, 6) is 0.132. The number of ketones is 1. The lowest BCUT2D eigenvalue weighted by Crippen LogP contribution is -2.36. The summed E-state index contributed by atoms with van der Waals surface area (Å²) in [5, 5.41) is 5.06. The van der Waals surface area contributed by atoms with Crippen molar-refractivity contribution in [3.05, 3.63) is 169 Å². The Bertz CT molecular complexity index is 1790. The van der Waals surface area contributed by atoms with Gasteiger partial charge >= 0.3 is 0 Å². The van der Waals surface area contributed by atoms with Gasteiger partial charge in [-0.15, -0.1) is 0 Å². The zero-order valence-corrected chi connectivity index (χ0v) is 25.6. The van der Waals surface area contributed by atoms with Crippen LogP contribution in [0.25, 0.3) is 0 Å². The minimum absolute atomic E-state index is 0.132. The van der Waals surface area contributed by atoms with E-state index in [2.05, 4.69) is 127 Å². The molecule has 42 heavy (non-hydrogen) atoms. The highest BCUT2D eigenvalue weighted by Crippen LogP contribution is 2.55. The number of hydrogen-bond donors (Lipinski definition) is 1. The van der Waals surface area contributed by atoms with Crippen molar-refractivity contribution >= 4 is 56.7 Å². The highest BCUT2D eigenvalue weighted by Gasteiger charge is 2.42. The highest BCUT2D eigenvalue weighted by molar-refractivity contribution is 7.99. The second-order valence-corrected chi connectivity index (χ2v) is 14.9. The second kappa shape index (κ2) is 11.5. The molecule has 0 amide bonds. The maximum atomic E-state index is 14.3. The molecule has 1 aliphatic heterocycles. The average Bonchev–Trinajstić information content (AvgIpc) is 3.05. The molecule has 5 heteroatoms. The zero-order valence-electron chi connectivity index (χ0n) is 22.8. The first kappa shape index (κ1) is 27.1. The zero-order chi connectivity index (χ0) is 28.4. The van der Waals surface area contributed by atoms with Crippen molar-refractivity contribution in [3.8, 4) is 0 Å². The summed E-state index contributed by atoms with van der Waals surface area (Å²) < 4.78 is 0. The van der Waals surface area contributed by atoms with Crippen LogP contribution in [0.4, 0.5) is 11.4 Å². The Labute approximate surface area is 254 Å². The molecular formula is C37H29NOP2S. The van der Waals surface area contributed by atoms with E-state index in [1.165, 1.54) is 26.0 Å². The number of benzene rings is 5. The fraction of sp³-hybridized carbons (Fsp3) is 0.0541. The van der Waals surface area contributed by atoms with Gasteiger partial charge in [-0.3, -0.25) is 4.79 Å². The monoisotopic (exact) mass is 597 g/mol. The number of anilines is 2. The molecule has 1 aliphatic carbocycles. The van der Waals surface area contributed by atoms with Crippen LogP contribution in [-0.4, -0.2) is 10.9 Å². The number of nitrogens with one attached hydrogen (secondary N) is 1. The summed E-state index contributed by atoms with van der Waals surface area (Å²) in [5.41, 5.74) is 4.23. The summed E-state index contributed by atoms with van der Waals surface area (Å²) >= 11 is 1.81. The molecule has 204 valence electrons. The first-order chi connectivity index (χ1) is 20.6. The van der Waals surface area contributed by atoms with Crippen molar-refractivity contribution in [2.75, 3.05) is 5.32 Å². The van der Waals surface area contributed by atoms with Crippen molar-refractivity contribution in [2.24, 2.45) is 0 Å². The van der Waals surface area contributed by atoms with Gasteiger partial charge in [0.15, 0.2) is 5.78 Å². The molecule has 0 saturated heterocycles. The molecule has 2 atom stereocenters. The maximum absolute atomic E-state index is 14.3. The predicted molar refractivity (Wildman–Crippen MR) is 183 cm³/mol. The highest BCUT2D eigenvalue weighted by atomic mass is 32.2. The van der Waals surface area contributed by atoms with Gasteiger partial charge in [-0.05, 0) is 34.4 Å². The van der Waals surface area contributed by atoms with E-state index in [-0.39, 0.29) is 14.4 Å². The average molecular weight is 598 g/mol. The number of allylic oxidation sites excluding steroid dienone is 4. The Morgan fingerprint density at radius 3 is 1.83 bits per heavy atom. The van der Waals surface area contributed by atoms with E-state index in [9.17, 15) is 4.79 Å². The molecule has 5 aromatic carbocycles. The first-order valence-electron chi connectivity index (χ1n) is 14.0. The van der Waals surface area contributed by atoms with Crippen LogP contribution in [0.1, 0.15) is 15.9 Å². The minimum Gasteiger partial charge on any atom is -0.353 e. The van der Waals surface area contributed by atoms with Gasteiger partial charge in [-0.2, -0.15) is 0 Å². The first-order valence-corrected chi connectivity index (χ1v) is 16.8. The van der Waals surface area contributed by atoms with E-state index in [0.29, 0.717) is 8.58 Å². The van der Waals surface area contributed by atoms with Crippen LogP contribution in [0.3, 0.4) is 0 Å². The van der Waals surface area contributed by atoms with Gasteiger partial charge in [-0.25, -0.2) is 0 Å². The topological polar surface area (TPSA) is 29.1 Å². The van der Waals surface area contributed by atoms with Gasteiger partial charge in [0.1, 0.15) is 0 Å². The molecular weight excluding hydrogens is 568 g/mol. The summed E-state index contributed by atoms with van der Waals surface area (Å²) in [6, 6.07) is 45.9. The number of fused-ring (bicyclic) bond motifs is 2. The van der Waals surface area contributed by atoms with Crippen LogP contribution in [0, 0.1) is 0 Å². The fourth-order valence-electron chi connectivity index (χ4n) is 5.61. The van der Waals surface area contributed by atoms with Gasteiger partial charge in [0, 0.05) is 15.4 Å². The number of para-hydroxylation sites is 2. The second-order valence-electron chi connectivity index (χ2n) is 10.5. The molecule has 5 aromatic rings. The molecule has 7 rings (SSSR count). The largest absolute Gasteiger partial charge is 0.353 e. The molecule has 2 unspecified atom stereocenters. The summed E-state index contributed by atoms with van der Waals surface area (Å²) in [6.07, 6.45) is 9.04. The van der Waals surface area contributed by atoms with Crippen molar-refractivity contribution in [2.45, 2.75) is 20.1 Å². The predicted octanol–water partition coefficient (Wildman–Crippen LogP) is 8.85. The van der Waals surface area contributed by atoms with Crippen LogP contribution >= 0.6 is 28.9 Å². The third-order valence-corrected chi connectivity index (χ3v) is 12.1. The van der Waals surface area contributed by atoms with Crippen LogP contribution in [0.15, 0.2) is 168 Å². The van der Waals surface area contributed by atoms with Gasteiger partial charge in [0.25, 0.3) is 0 Å². The molecule has 0 aromatic heterocycles. The normalized spacial score (nSPS) is 20.9. The van der Waals surface area contributed by atoms with E-state index in [1.807, 2.05) is 48.2 Å². The van der Waals surface area contributed by atoms with E-state index < -0.39 is 10.3 Å². The lowest BCUT2D eigenvalue weighted by Gasteiger charge is -2.39. The van der Waals surface area contributed by atoms with Crippen molar-refractivity contribution in [1.82, 2.24) is 0 Å². The molecule has 0 saturated carbocycles. The number of Topliss-reactive ketones (excluding diaryl/α,β-unsaturated/α-hetero) is 1. The molecule has 0 radical (unpaired) electrons. The summed E-state index contributed by atoms with van der Waals surface area (Å²) in [4.78, 5) is 16.7. The van der Waals surface area contributed by atoms with Gasteiger partial charge in [0.05, 0.1) is 21.7 Å². The number of carbonyl (C=O) groups excluding carboxylic acids is 1. The fourth-order valence-corrected chi connectivity index (χ4v) is 9.57. The van der Waals surface area contributed by atoms with Crippen molar-refractivity contribution in [1.29, 1.82) is 0 Å². The summed E-state index contributed by atoms with van der Waals surface area (Å²) in [6.45, 7) is 0. The van der Waals surface area contributed by atoms with Crippen molar-refractivity contribution in [3.63, 3.8) is 0 Å². The molecule has 0 spiro atoms. The van der Waals surface area contributed by atoms with Crippen molar-refractivity contribution < 1.29 is 4.79 Å². The number of carbonyl (C=O) groups is 1. The number of rotatable bonds is 7. The van der Waals surface area contributed by atoms with Gasteiger partial charge < -0.3 is 5.32 Å². The lowest BCUT2D eigenvalue weighted by molar-refractivity contribution is 0.0977. The quantitative estimate of drug-likeness (QED) is 0.113. The van der Waals surface area contributed by atoms with E-state index in [4.69, 9.17) is 0 Å². The van der Waals surface area contributed by atoms with Gasteiger partial charge in [0.2, 0.25) is 0 Å². The van der Waals surface area contributed by atoms with Crippen LogP contribution < -0.4 is 15.9 Å². The van der Waals surface area contributed by atoms with E-state index in [0.717, 1.165) is 16.9 Å². The number of hydrogen-bond acceptors (Lipinski definition) is 3. The Kier molecular flexibility index (Phi) is 7.43. The molecule has 2 nitrogen and oxygen atoms in total. The Morgan fingerprint density at radius 2 is 1.14 bits per heavy atom.